The summed E-state index contributed by atoms with van der Waals surface area (Å²) >= 11 is 0. The molecule has 0 radical (unpaired) electrons. The molecule has 3 aliphatic rings. The largest absolute Gasteiger partial charge is 0.381 e. The summed E-state index contributed by atoms with van der Waals surface area (Å²) in [5, 5.41) is 0. The minimum atomic E-state index is 0.215. The molecule has 15 heavy (non-hydrogen) atoms. The zero-order valence-corrected chi connectivity index (χ0v) is 8.98. The van der Waals surface area contributed by atoms with E-state index < -0.39 is 0 Å². The number of hydrogen-bond acceptors (Lipinski definition) is 3. The van der Waals surface area contributed by atoms with Crippen LogP contribution in [-0.4, -0.2) is 31.2 Å². The van der Waals surface area contributed by atoms with Crippen LogP contribution in [0.4, 0.5) is 0 Å². The average Bonchev–Trinajstić information content (AvgIpc) is 2.91. The molecule has 0 aromatic rings. The Balaban J connectivity index is 1.64. The van der Waals surface area contributed by atoms with Crippen LogP contribution in [0.25, 0.3) is 0 Å². The number of Topliss-reactive ketones (excluding diaryl/α,β-unsaturated/α-hetero) is 1. The maximum absolute atomic E-state index is 12.3. The summed E-state index contributed by atoms with van der Waals surface area (Å²) < 4.78 is 11.0. The zero-order chi connectivity index (χ0) is 10.3. The van der Waals surface area contributed by atoms with Gasteiger partial charge in [0.05, 0.1) is 12.2 Å². The lowest BCUT2D eigenvalue weighted by molar-refractivity contribution is -0.131. The molecule has 3 aliphatic heterocycles. The predicted octanol–water partition coefficient (Wildman–Crippen LogP) is 1.55. The maximum Gasteiger partial charge on any atom is 0.141 e. The highest BCUT2D eigenvalue weighted by Crippen LogP contribution is 2.41. The van der Waals surface area contributed by atoms with Crippen LogP contribution in [0.1, 0.15) is 32.1 Å². The molecular weight excluding hydrogens is 192 g/mol. The van der Waals surface area contributed by atoms with Crippen LogP contribution >= 0.6 is 0 Å². The van der Waals surface area contributed by atoms with E-state index in [-0.39, 0.29) is 17.9 Å². The predicted molar refractivity (Wildman–Crippen MR) is 54.6 cm³/mol. The molecule has 0 aromatic heterocycles. The van der Waals surface area contributed by atoms with Gasteiger partial charge in [-0.25, -0.2) is 0 Å². The van der Waals surface area contributed by atoms with Gasteiger partial charge in [-0.2, -0.15) is 0 Å². The molecule has 0 saturated carbocycles. The van der Waals surface area contributed by atoms with E-state index in [1.807, 2.05) is 0 Å². The van der Waals surface area contributed by atoms with Gasteiger partial charge in [0, 0.05) is 25.0 Å². The monoisotopic (exact) mass is 210 g/mol. The van der Waals surface area contributed by atoms with Crippen LogP contribution in [0.2, 0.25) is 0 Å². The van der Waals surface area contributed by atoms with Crippen molar-refractivity contribution in [2.75, 3.05) is 13.2 Å². The first-order chi connectivity index (χ1) is 7.34. The first kappa shape index (κ1) is 9.79. The highest BCUT2D eigenvalue weighted by atomic mass is 16.5. The van der Waals surface area contributed by atoms with Crippen LogP contribution < -0.4 is 0 Å². The van der Waals surface area contributed by atoms with E-state index in [0.717, 1.165) is 38.9 Å². The Morgan fingerprint density at radius 1 is 1.07 bits per heavy atom. The van der Waals surface area contributed by atoms with Crippen LogP contribution in [0.15, 0.2) is 0 Å². The lowest BCUT2D eigenvalue weighted by Crippen LogP contribution is -2.33. The molecule has 3 unspecified atom stereocenters. The third kappa shape index (κ3) is 1.72. The third-order valence-electron chi connectivity index (χ3n) is 4.10. The van der Waals surface area contributed by atoms with E-state index in [1.165, 1.54) is 6.42 Å². The molecule has 0 spiro atoms. The second-order valence-corrected chi connectivity index (χ2v) is 5.01. The van der Waals surface area contributed by atoms with Gasteiger partial charge in [-0.15, -0.1) is 0 Å². The number of ketones is 1. The molecule has 3 nitrogen and oxygen atoms in total. The summed E-state index contributed by atoms with van der Waals surface area (Å²) in [6, 6.07) is 0. The van der Waals surface area contributed by atoms with E-state index in [0.29, 0.717) is 11.9 Å². The van der Waals surface area contributed by atoms with Crippen LogP contribution in [-0.2, 0) is 14.3 Å². The van der Waals surface area contributed by atoms with Gasteiger partial charge in [-0.05, 0) is 32.1 Å². The quantitative estimate of drug-likeness (QED) is 0.693. The molecule has 3 fully saturated rings. The van der Waals surface area contributed by atoms with Gasteiger partial charge in [-0.1, -0.05) is 0 Å². The van der Waals surface area contributed by atoms with E-state index in [1.54, 1.807) is 0 Å². The van der Waals surface area contributed by atoms with Crippen molar-refractivity contribution in [2.45, 2.75) is 44.3 Å². The van der Waals surface area contributed by atoms with Crippen LogP contribution in [0, 0.1) is 11.8 Å². The van der Waals surface area contributed by atoms with Crippen molar-refractivity contribution in [3.63, 3.8) is 0 Å². The summed E-state index contributed by atoms with van der Waals surface area (Å²) in [7, 11) is 0. The van der Waals surface area contributed by atoms with Crippen molar-refractivity contribution in [2.24, 2.45) is 11.8 Å². The minimum absolute atomic E-state index is 0.215. The average molecular weight is 210 g/mol. The molecule has 3 saturated heterocycles. The Kier molecular flexibility index (Phi) is 2.53. The van der Waals surface area contributed by atoms with Gasteiger partial charge in [0.25, 0.3) is 0 Å². The summed E-state index contributed by atoms with van der Waals surface area (Å²) in [4.78, 5) is 12.3. The Morgan fingerprint density at radius 2 is 1.87 bits per heavy atom. The molecule has 3 atom stereocenters. The number of ether oxygens (including phenoxy) is 2. The maximum atomic E-state index is 12.3. The van der Waals surface area contributed by atoms with Crippen molar-refractivity contribution in [1.82, 2.24) is 0 Å². The van der Waals surface area contributed by atoms with Gasteiger partial charge >= 0.3 is 0 Å². The number of carbonyl (C=O) groups is 1. The lowest BCUT2D eigenvalue weighted by Gasteiger charge is -2.26. The number of carbonyl (C=O) groups excluding carboxylic acids is 1. The van der Waals surface area contributed by atoms with Gasteiger partial charge in [-0.3, -0.25) is 4.79 Å². The van der Waals surface area contributed by atoms with Crippen molar-refractivity contribution in [1.29, 1.82) is 0 Å². The molecule has 3 rings (SSSR count). The molecule has 3 heterocycles. The molecule has 0 aliphatic carbocycles. The fourth-order valence-corrected chi connectivity index (χ4v) is 3.22. The molecule has 3 heteroatoms. The molecule has 84 valence electrons. The van der Waals surface area contributed by atoms with E-state index >= 15 is 0 Å². The molecule has 0 amide bonds. The zero-order valence-electron chi connectivity index (χ0n) is 8.98. The molecular formula is C12H18O3. The topological polar surface area (TPSA) is 35.5 Å². The minimum Gasteiger partial charge on any atom is -0.381 e. The van der Waals surface area contributed by atoms with Crippen molar-refractivity contribution < 1.29 is 14.3 Å². The van der Waals surface area contributed by atoms with Gasteiger partial charge < -0.3 is 9.47 Å². The van der Waals surface area contributed by atoms with E-state index in [9.17, 15) is 4.79 Å². The Bertz CT molecular complexity index is 258. The standard InChI is InChI=1S/C12H18O3/c13-12(8-3-5-14-6-4-8)10-7-9-1-2-11(10)15-9/h8-11H,1-7H2. The normalized spacial score (nSPS) is 40.9. The Hall–Kier alpha value is -0.410. The van der Waals surface area contributed by atoms with Crippen LogP contribution in [0.3, 0.4) is 0 Å². The number of hydrogen-bond donors (Lipinski definition) is 0. The van der Waals surface area contributed by atoms with Gasteiger partial charge in [0.15, 0.2) is 0 Å². The lowest BCUT2D eigenvalue weighted by atomic mass is 9.79. The first-order valence-corrected chi connectivity index (χ1v) is 6.11. The molecule has 0 aromatic carbocycles. The van der Waals surface area contributed by atoms with E-state index in [4.69, 9.17) is 9.47 Å². The first-order valence-electron chi connectivity index (χ1n) is 6.11. The number of rotatable bonds is 2. The summed E-state index contributed by atoms with van der Waals surface area (Å²) in [6.45, 7) is 1.52. The number of fused-ring (bicyclic) bond motifs is 2. The highest BCUT2D eigenvalue weighted by molar-refractivity contribution is 5.84. The fourth-order valence-electron chi connectivity index (χ4n) is 3.22. The Morgan fingerprint density at radius 3 is 2.47 bits per heavy atom. The Labute approximate surface area is 90.1 Å². The molecule has 0 N–H and O–H groups in total. The SMILES string of the molecule is O=C(C1CCOCC1)C1CC2CCC1O2. The molecule has 2 bridgehead atoms. The van der Waals surface area contributed by atoms with Crippen LogP contribution in [0.5, 0.6) is 0 Å². The summed E-state index contributed by atoms with van der Waals surface area (Å²) in [6.07, 6.45) is 5.75. The van der Waals surface area contributed by atoms with Crippen molar-refractivity contribution >= 4 is 5.78 Å². The fraction of sp³-hybridized carbons (Fsp3) is 0.917. The van der Waals surface area contributed by atoms with Crippen molar-refractivity contribution in [3.8, 4) is 0 Å². The van der Waals surface area contributed by atoms with Gasteiger partial charge in [0.2, 0.25) is 0 Å². The van der Waals surface area contributed by atoms with Crippen molar-refractivity contribution in [3.05, 3.63) is 0 Å². The summed E-state index contributed by atoms with van der Waals surface area (Å²) in [5.41, 5.74) is 0. The highest BCUT2D eigenvalue weighted by Gasteiger charge is 2.45. The second-order valence-electron chi connectivity index (χ2n) is 5.01. The van der Waals surface area contributed by atoms with Gasteiger partial charge in [0.1, 0.15) is 5.78 Å². The third-order valence-corrected chi connectivity index (χ3v) is 4.10. The smallest absolute Gasteiger partial charge is 0.141 e. The van der Waals surface area contributed by atoms with E-state index in [2.05, 4.69) is 0 Å². The second kappa shape index (κ2) is 3.87. The summed E-state index contributed by atoms with van der Waals surface area (Å²) in [5.74, 6) is 0.934.